The number of hydrogen-bond donors (Lipinski definition) is 2. The molecule has 1 aromatic heterocycles. The van der Waals surface area contributed by atoms with Crippen molar-refractivity contribution in [3.63, 3.8) is 0 Å². The molecule has 2 fully saturated rings. The third kappa shape index (κ3) is 7.54. The first-order chi connectivity index (χ1) is 16.8. The summed E-state index contributed by atoms with van der Waals surface area (Å²) in [5.74, 6) is -0.367. The number of aromatic nitrogens is 1. The van der Waals surface area contributed by atoms with Gasteiger partial charge in [-0.15, -0.1) is 0 Å². The van der Waals surface area contributed by atoms with Crippen LogP contribution in [0, 0.1) is 19.8 Å². The smallest absolute Gasteiger partial charge is 0.355 e. The minimum Gasteiger partial charge on any atom is -0.461 e. The summed E-state index contributed by atoms with van der Waals surface area (Å²) in [6, 6.07) is 0. The van der Waals surface area contributed by atoms with Crippen molar-refractivity contribution in [3.8, 4) is 0 Å². The number of hydrogen-bond acceptors (Lipinski definition) is 6. The molecule has 0 saturated carbocycles. The largest absolute Gasteiger partial charge is 0.461 e. The molecule has 2 aliphatic heterocycles. The summed E-state index contributed by atoms with van der Waals surface area (Å²) >= 11 is 0. The van der Waals surface area contributed by atoms with Crippen LogP contribution in [-0.2, 0) is 20.7 Å². The number of nitrogens with one attached hydrogen (secondary N) is 2. The number of piperidine rings is 1. The normalized spacial score (nSPS) is 19.5. The highest BCUT2D eigenvalue weighted by Crippen LogP contribution is 2.22. The van der Waals surface area contributed by atoms with Gasteiger partial charge in [0, 0.05) is 57.9 Å². The predicted molar refractivity (Wildman–Crippen MR) is 135 cm³/mol. The molecule has 0 radical (unpaired) electrons. The van der Waals surface area contributed by atoms with E-state index in [9.17, 15) is 14.4 Å². The van der Waals surface area contributed by atoms with E-state index in [1.54, 1.807) is 6.92 Å². The number of H-pyrrole nitrogens is 1. The maximum absolute atomic E-state index is 12.9. The van der Waals surface area contributed by atoms with Crippen LogP contribution >= 0.6 is 0 Å². The Morgan fingerprint density at radius 2 is 1.86 bits per heavy atom. The zero-order chi connectivity index (χ0) is 25.4. The van der Waals surface area contributed by atoms with Gasteiger partial charge in [-0.05, 0) is 71.2 Å². The molecule has 2 saturated heterocycles. The number of piperazine rings is 1. The minimum atomic E-state index is -0.362. The van der Waals surface area contributed by atoms with Crippen LogP contribution in [0.4, 0.5) is 0 Å². The van der Waals surface area contributed by atoms with Gasteiger partial charge in [-0.3, -0.25) is 9.59 Å². The molecular formula is C26H43N5O4. The number of nitrogens with zero attached hydrogens (tertiary/aromatic N) is 3. The van der Waals surface area contributed by atoms with Crippen LogP contribution in [0.5, 0.6) is 0 Å². The second-order valence-corrected chi connectivity index (χ2v) is 9.92. The summed E-state index contributed by atoms with van der Waals surface area (Å²) in [7, 11) is 2.15. The molecule has 0 unspecified atom stereocenters. The number of carbonyl (C=O) groups is 3. The van der Waals surface area contributed by atoms with Gasteiger partial charge >= 0.3 is 5.97 Å². The van der Waals surface area contributed by atoms with Crippen molar-refractivity contribution in [2.45, 2.75) is 52.9 Å². The lowest BCUT2D eigenvalue weighted by molar-refractivity contribution is -0.135. The monoisotopic (exact) mass is 489 g/mol. The van der Waals surface area contributed by atoms with Gasteiger partial charge in [0.2, 0.25) is 11.8 Å². The van der Waals surface area contributed by atoms with Gasteiger partial charge in [0.1, 0.15) is 5.69 Å². The third-order valence-electron chi connectivity index (χ3n) is 7.35. The molecule has 2 aliphatic rings. The van der Waals surface area contributed by atoms with Gasteiger partial charge in [0.05, 0.1) is 12.5 Å². The second-order valence-electron chi connectivity index (χ2n) is 9.92. The van der Waals surface area contributed by atoms with Crippen molar-refractivity contribution in [2.24, 2.45) is 5.92 Å². The average Bonchev–Trinajstić information content (AvgIpc) is 3.14. The lowest BCUT2D eigenvalue weighted by Gasteiger charge is -2.33. The van der Waals surface area contributed by atoms with E-state index < -0.39 is 0 Å². The Bertz CT molecular complexity index is 875. The summed E-state index contributed by atoms with van der Waals surface area (Å²) in [6.45, 7) is 13.2. The van der Waals surface area contributed by atoms with Crippen LogP contribution in [-0.4, -0.2) is 103 Å². The van der Waals surface area contributed by atoms with E-state index in [2.05, 4.69) is 27.1 Å². The number of aryl methyl sites for hydroxylation is 1. The summed E-state index contributed by atoms with van der Waals surface area (Å²) in [6.07, 6.45) is 3.55. The molecule has 0 spiro atoms. The Kier molecular flexibility index (Phi) is 10.2. The van der Waals surface area contributed by atoms with E-state index in [4.69, 9.17) is 4.74 Å². The van der Waals surface area contributed by atoms with Gasteiger partial charge < -0.3 is 29.7 Å². The topological polar surface area (TPSA) is 98.0 Å². The molecule has 3 heterocycles. The fourth-order valence-corrected chi connectivity index (χ4v) is 5.11. The van der Waals surface area contributed by atoms with Crippen LogP contribution in [0.15, 0.2) is 0 Å². The first-order valence-electron chi connectivity index (χ1n) is 13.1. The molecule has 2 amide bonds. The Morgan fingerprint density at radius 1 is 1.11 bits per heavy atom. The minimum absolute atomic E-state index is 0.0650. The lowest BCUT2D eigenvalue weighted by atomic mass is 9.96. The lowest BCUT2D eigenvalue weighted by Crippen LogP contribution is -2.46. The van der Waals surface area contributed by atoms with E-state index >= 15 is 0 Å². The van der Waals surface area contributed by atoms with Crippen molar-refractivity contribution in [1.82, 2.24) is 25.0 Å². The standard InChI is InChI=1S/C26H43N5O4/c1-5-35-26(34)24-19(2)22(20(3)28-24)9-10-23(32)31-13-6-8-21(18-31)25(33)27-11-7-12-30-16-14-29(4)15-17-30/h21,28H,5-18H2,1-4H3,(H,27,33)/t21-/m1/s1. The molecule has 1 aromatic rings. The van der Waals surface area contributed by atoms with E-state index in [1.807, 2.05) is 18.7 Å². The SMILES string of the molecule is CCOC(=O)c1[nH]c(C)c(CCC(=O)N2CCC[C@@H](C(=O)NCCCN3CCN(C)CC3)C2)c1C. The fourth-order valence-electron chi connectivity index (χ4n) is 5.11. The van der Waals surface area contributed by atoms with Crippen LogP contribution in [0.25, 0.3) is 0 Å². The molecule has 9 heteroatoms. The van der Waals surface area contributed by atoms with Gasteiger partial charge in [-0.25, -0.2) is 4.79 Å². The highest BCUT2D eigenvalue weighted by molar-refractivity contribution is 5.90. The van der Waals surface area contributed by atoms with Crippen LogP contribution in [0.3, 0.4) is 0 Å². The molecule has 1 atom stereocenters. The third-order valence-corrected chi connectivity index (χ3v) is 7.35. The first-order valence-corrected chi connectivity index (χ1v) is 13.1. The summed E-state index contributed by atoms with van der Waals surface area (Å²) in [5.41, 5.74) is 3.20. The molecule has 3 rings (SSSR count). The number of ether oxygens (including phenoxy) is 1. The van der Waals surface area contributed by atoms with Gasteiger partial charge in [-0.2, -0.15) is 0 Å². The summed E-state index contributed by atoms with van der Waals surface area (Å²) in [4.78, 5) is 47.6. The number of likely N-dealkylation sites (N-methyl/N-ethyl adjacent to an activating group) is 1. The Hall–Kier alpha value is -2.39. The van der Waals surface area contributed by atoms with Crippen molar-refractivity contribution >= 4 is 17.8 Å². The predicted octanol–water partition coefficient (Wildman–Crippen LogP) is 1.73. The van der Waals surface area contributed by atoms with Gasteiger partial charge in [-0.1, -0.05) is 0 Å². The van der Waals surface area contributed by atoms with E-state index in [1.165, 1.54) is 0 Å². The van der Waals surface area contributed by atoms with E-state index in [0.29, 0.717) is 44.8 Å². The molecule has 9 nitrogen and oxygen atoms in total. The summed E-state index contributed by atoms with van der Waals surface area (Å²) < 4.78 is 5.11. The number of likely N-dealkylation sites (tertiary alicyclic amines) is 1. The first kappa shape index (κ1) is 27.2. The van der Waals surface area contributed by atoms with Crippen LogP contribution in [0.1, 0.15) is 59.9 Å². The van der Waals surface area contributed by atoms with E-state index in [0.717, 1.165) is 68.8 Å². The van der Waals surface area contributed by atoms with Crippen LogP contribution < -0.4 is 5.32 Å². The quantitative estimate of drug-likeness (QED) is 0.384. The molecule has 0 aliphatic carbocycles. The Morgan fingerprint density at radius 3 is 2.57 bits per heavy atom. The zero-order valence-electron chi connectivity index (χ0n) is 22.0. The second kappa shape index (κ2) is 13.1. The Labute approximate surface area is 209 Å². The number of aromatic amines is 1. The average molecular weight is 490 g/mol. The van der Waals surface area contributed by atoms with Gasteiger partial charge in [0.15, 0.2) is 0 Å². The molecule has 0 bridgehead atoms. The fraction of sp³-hybridized carbons (Fsp3) is 0.731. The number of rotatable bonds is 10. The number of carbonyl (C=O) groups excluding carboxylic acids is 3. The van der Waals surface area contributed by atoms with Crippen LogP contribution in [0.2, 0.25) is 0 Å². The molecule has 0 aromatic carbocycles. The van der Waals surface area contributed by atoms with Gasteiger partial charge in [0.25, 0.3) is 0 Å². The maximum atomic E-state index is 12.9. The maximum Gasteiger partial charge on any atom is 0.355 e. The highest BCUT2D eigenvalue weighted by atomic mass is 16.5. The molecule has 2 N–H and O–H groups in total. The van der Waals surface area contributed by atoms with Crippen molar-refractivity contribution in [2.75, 3.05) is 66.0 Å². The highest BCUT2D eigenvalue weighted by Gasteiger charge is 2.28. The Balaban J connectivity index is 1.42. The number of esters is 1. The molecule has 196 valence electrons. The van der Waals surface area contributed by atoms with Crippen molar-refractivity contribution < 1.29 is 19.1 Å². The van der Waals surface area contributed by atoms with Crippen molar-refractivity contribution in [1.29, 1.82) is 0 Å². The summed E-state index contributed by atoms with van der Waals surface area (Å²) in [5, 5.41) is 3.09. The molecule has 35 heavy (non-hydrogen) atoms. The molecular weight excluding hydrogens is 446 g/mol. The number of amides is 2. The zero-order valence-corrected chi connectivity index (χ0v) is 22.0. The van der Waals surface area contributed by atoms with E-state index in [-0.39, 0.29) is 23.7 Å². The van der Waals surface area contributed by atoms with Crippen molar-refractivity contribution in [3.05, 3.63) is 22.5 Å².